The fourth-order valence-electron chi connectivity index (χ4n) is 2.21. The molecule has 1 unspecified atom stereocenters. The molecule has 1 fully saturated rings. The van der Waals surface area contributed by atoms with Gasteiger partial charge in [-0.05, 0) is 24.8 Å². The molecule has 1 aromatic rings. The van der Waals surface area contributed by atoms with Gasteiger partial charge >= 0.3 is 0 Å². The second-order valence-corrected chi connectivity index (χ2v) is 4.85. The molecule has 5 nitrogen and oxygen atoms in total. The predicted molar refractivity (Wildman–Crippen MR) is 68.5 cm³/mol. The second kappa shape index (κ2) is 5.21. The number of likely N-dealkylation sites (tertiary alicyclic amines) is 1. The molecule has 1 aromatic heterocycles. The Bertz CT molecular complexity index is 395. The molecule has 94 valence electrons. The molecule has 0 radical (unpaired) electrons. The minimum atomic E-state index is 0.567. The third-order valence-electron chi connectivity index (χ3n) is 3.15. The quantitative estimate of drug-likeness (QED) is 0.613. The first-order valence-corrected chi connectivity index (χ1v) is 6.18. The summed E-state index contributed by atoms with van der Waals surface area (Å²) in [4.78, 5) is 6.59. The van der Waals surface area contributed by atoms with Crippen molar-refractivity contribution < 1.29 is 0 Å². The van der Waals surface area contributed by atoms with Crippen LogP contribution in [0.25, 0.3) is 0 Å². The molecule has 0 aliphatic carbocycles. The van der Waals surface area contributed by atoms with Crippen molar-refractivity contribution in [3.63, 3.8) is 0 Å². The van der Waals surface area contributed by atoms with Crippen LogP contribution < -0.4 is 5.73 Å². The summed E-state index contributed by atoms with van der Waals surface area (Å²) in [6, 6.07) is 1.97. The van der Waals surface area contributed by atoms with E-state index in [1.807, 2.05) is 19.3 Å². The van der Waals surface area contributed by atoms with Gasteiger partial charge < -0.3 is 10.6 Å². The van der Waals surface area contributed by atoms with Gasteiger partial charge in [0.15, 0.2) is 5.96 Å². The lowest BCUT2D eigenvalue weighted by Crippen LogP contribution is -2.43. The molecule has 2 rings (SSSR count). The maximum Gasteiger partial charge on any atom is 0.191 e. The number of aryl methyl sites for hydroxylation is 1. The maximum atomic E-state index is 6.01. The number of nitrogens with zero attached hydrogens (tertiary/aromatic N) is 4. The lowest BCUT2D eigenvalue weighted by molar-refractivity contribution is 0.270. The van der Waals surface area contributed by atoms with E-state index in [0.717, 1.165) is 18.8 Å². The van der Waals surface area contributed by atoms with E-state index in [1.165, 1.54) is 12.8 Å². The van der Waals surface area contributed by atoms with Gasteiger partial charge in [-0.3, -0.25) is 4.68 Å². The van der Waals surface area contributed by atoms with Gasteiger partial charge in [0.1, 0.15) is 0 Å². The SMILES string of the molecule is CC1CCCN(C(N)=NCc2ccn(C)n2)C1. The summed E-state index contributed by atoms with van der Waals surface area (Å²) < 4.78 is 1.78. The van der Waals surface area contributed by atoms with E-state index in [9.17, 15) is 0 Å². The van der Waals surface area contributed by atoms with E-state index in [0.29, 0.717) is 18.4 Å². The van der Waals surface area contributed by atoms with Crippen molar-refractivity contribution in [1.29, 1.82) is 0 Å². The van der Waals surface area contributed by atoms with Crippen LogP contribution in [0.2, 0.25) is 0 Å². The van der Waals surface area contributed by atoms with Gasteiger partial charge in [0.25, 0.3) is 0 Å². The molecule has 5 heteroatoms. The van der Waals surface area contributed by atoms with E-state index < -0.39 is 0 Å². The molecule has 1 aliphatic heterocycles. The summed E-state index contributed by atoms with van der Waals surface area (Å²) in [6.45, 7) is 4.88. The van der Waals surface area contributed by atoms with Crippen LogP contribution in [0.3, 0.4) is 0 Å². The average Bonchev–Trinajstić information content (AvgIpc) is 2.72. The van der Waals surface area contributed by atoms with Gasteiger partial charge in [-0.2, -0.15) is 5.10 Å². The third kappa shape index (κ3) is 3.22. The summed E-state index contributed by atoms with van der Waals surface area (Å²) in [6.07, 6.45) is 4.43. The van der Waals surface area contributed by atoms with E-state index >= 15 is 0 Å². The Morgan fingerprint density at radius 3 is 3.12 bits per heavy atom. The zero-order valence-electron chi connectivity index (χ0n) is 10.6. The summed E-state index contributed by atoms with van der Waals surface area (Å²) in [5.74, 6) is 1.37. The fraction of sp³-hybridized carbons (Fsp3) is 0.667. The van der Waals surface area contributed by atoms with Gasteiger partial charge in [0, 0.05) is 26.3 Å². The van der Waals surface area contributed by atoms with E-state index in [1.54, 1.807) is 4.68 Å². The Kier molecular flexibility index (Phi) is 3.66. The topological polar surface area (TPSA) is 59.4 Å². The lowest BCUT2D eigenvalue weighted by Gasteiger charge is -2.31. The van der Waals surface area contributed by atoms with E-state index in [4.69, 9.17) is 5.73 Å². The number of nitrogens with two attached hydrogens (primary N) is 1. The summed E-state index contributed by atoms with van der Waals surface area (Å²) in [5.41, 5.74) is 6.97. The minimum absolute atomic E-state index is 0.567. The highest BCUT2D eigenvalue weighted by atomic mass is 15.3. The van der Waals surface area contributed by atoms with Crippen molar-refractivity contribution in [2.45, 2.75) is 26.3 Å². The van der Waals surface area contributed by atoms with Crippen LogP contribution in [0.4, 0.5) is 0 Å². The zero-order valence-corrected chi connectivity index (χ0v) is 10.6. The monoisotopic (exact) mass is 235 g/mol. The molecule has 0 amide bonds. The molecule has 17 heavy (non-hydrogen) atoms. The molecule has 0 spiro atoms. The van der Waals surface area contributed by atoms with Gasteiger partial charge in [-0.15, -0.1) is 0 Å². The fourth-order valence-corrected chi connectivity index (χ4v) is 2.21. The number of aromatic nitrogens is 2. The molecule has 0 saturated carbocycles. The molecule has 1 atom stereocenters. The average molecular weight is 235 g/mol. The molecular weight excluding hydrogens is 214 g/mol. The molecule has 1 saturated heterocycles. The summed E-state index contributed by atoms with van der Waals surface area (Å²) >= 11 is 0. The Labute approximate surface area is 102 Å². The van der Waals surface area contributed by atoms with Crippen molar-refractivity contribution in [3.8, 4) is 0 Å². The minimum Gasteiger partial charge on any atom is -0.370 e. The first-order valence-electron chi connectivity index (χ1n) is 6.18. The van der Waals surface area contributed by atoms with Crippen LogP contribution in [0.15, 0.2) is 17.3 Å². The van der Waals surface area contributed by atoms with E-state index in [2.05, 4.69) is 21.9 Å². The number of rotatable bonds is 2. The summed E-state index contributed by atoms with van der Waals surface area (Å²) in [5, 5.41) is 4.28. The molecule has 1 aliphatic rings. The van der Waals surface area contributed by atoms with Gasteiger partial charge in [-0.25, -0.2) is 4.99 Å². The molecule has 0 bridgehead atoms. The van der Waals surface area contributed by atoms with Crippen LogP contribution in [-0.4, -0.2) is 33.7 Å². The highest BCUT2D eigenvalue weighted by molar-refractivity contribution is 5.78. The number of guanidine groups is 1. The van der Waals surface area contributed by atoms with Crippen LogP contribution in [0, 0.1) is 5.92 Å². The second-order valence-electron chi connectivity index (χ2n) is 4.85. The van der Waals surface area contributed by atoms with Crippen molar-refractivity contribution in [2.24, 2.45) is 23.7 Å². The molecular formula is C12H21N5. The largest absolute Gasteiger partial charge is 0.370 e. The normalized spacial score (nSPS) is 21.9. The van der Waals surface area contributed by atoms with Crippen molar-refractivity contribution in [2.75, 3.05) is 13.1 Å². The van der Waals surface area contributed by atoms with Crippen LogP contribution >= 0.6 is 0 Å². The molecule has 2 N–H and O–H groups in total. The van der Waals surface area contributed by atoms with Crippen molar-refractivity contribution in [1.82, 2.24) is 14.7 Å². The molecule has 0 aromatic carbocycles. The van der Waals surface area contributed by atoms with Crippen LogP contribution in [-0.2, 0) is 13.6 Å². The van der Waals surface area contributed by atoms with E-state index in [-0.39, 0.29) is 0 Å². The first kappa shape index (κ1) is 12.0. The van der Waals surface area contributed by atoms with Crippen LogP contribution in [0.1, 0.15) is 25.5 Å². The lowest BCUT2D eigenvalue weighted by atomic mass is 10.0. The summed E-state index contributed by atoms with van der Waals surface area (Å²) in [7, 11) is 1.91. The van der Waals surface area contributed by atoms with Gasteiger partial charge in [0.2, 0.25) is 0 Å². The number of aliphatic imine (C=N–C) groups is 1. The third-order valence-corrected chi connectivity index (χ3v) is 3.15. The highest BCUT2D eigenvalue weighted by Gasteiger charge is 2.17. The van der Waals surface area contributed by atoms with Crippen molar-refractivity contribution >= 4 is 5.96 Å². The van der Waals surface area contributed by atoms with Gasteiger partial charge in [0.05, 0.1) is 12.2 Å². The number of piperidine rings is 1. The molecule has 2 heterocycles. The Morgan fingerprint density at radius 2 is 2.47 bits per heavy atom. The zero-order chi connectivity index (χ0) is 12.3. The Morgan fingerprint density at radius 1 is 1.65 bits per heavy atom. The first-order chi connectivity index (χ1) is 8.15. The number of hydrogen-bond acceptors (Lipinski definition) is 2. The van der Waals surface area contributed by atoms with Crippen molar-refractivity contribution in [3.05, 3.63) is 18.0 Å². The Hall–Kier alpha value is -1.52. The smallest absolute Gasteiger partial charge is 0.191 e. The standard InChI is InChI=1S/C12H21N5/c1-10-4-3-6-17(9-10)12(13)14-8-11-5-7-16(2)15-11/h5,7,10H,3-4,6,8-9H2,1-2H3,(H2,13,14). The Balaban J connectivity index is 1.92. The van der Waals surface area contributed by atoms with Gasteiger partial charge in [-0.1, -0.05) is 6.92 Å². The van der Waals surface area contributed by atoms with Crippen LogP contribution in [0.5, 0.6) is 0 Å². The predicted octanol–water partition coefficient (Wildman–Crippen LogP) is 0.967. The maximum absolute atomic E-state index is 6.01. The number of hydrogen-bond donors (Lipinski definition) is 1. The highest BCUT2D eigenvalue weighted by Crippen LogP contribution is 2.15.